The van der Waals surface area contributed by atoms with E-state index in [1.165, 1.54) is 5.56 Å². The van der Waals surface area contributed by atoms with Crippen LogP contribution < -0.4 is 0 Å². The zero-order valence-corrected chi connectivity index (χ0v) is 11.1. The monoisotopic (exact) mass is 220 g/mol. The molecular formula is C15H24O. The Bertz CT molecular complexity index is 323. The molecule has 16 heavy (non-hydrogen) atoms. The lowest BCUT2D eigenvalue weighted by Gasteiger charge is -2.37. The van der Waals surface area contributed by atoms with Gasteiger partial charge >= 0.3 is 0 Å². The average Bonchev–Trinajstić information content (AvgIpc) is 2.17. The van der Waals surface area contributed by atoms with E-state index < -0.39 is 5.60 Å². The summed E-state index contributed by atoms with van der Waals surface area (Å²) in [4.78, 5) is 0. The fourth-order valence-electron chi connectivity index (χ4n) is 2.09. The Kier molecular flexibility index (Phi) is 3.80. The predicted octanol–water partition coefficient (Wildman–Crippen LogP) is 3.76. The van der Waals surface area contributed by atoms with Gasteiger partial charge in [0.05, 0.1) is 5.60 Å². The van der Waals surface area contributed by atoms with Crippen molar-refractivity contribution in [2.24, 2.45) is 5.92 Å². The summed E-state index contributed by atoms with van der Waals surface area (Å²) in [5.41, 5.74) is 0.685. The highest BCUT2D eigenvalue weighted by Crippen LogP contribution is 2.35. The van der Waals surface area contributed by atoms with Gasteiger partial charge in [0.25, 0.3) is 0 Å². The van der Waals surface area contributed by atoms with E-state index in [1.54, 1.807) is 0 Å². The van der Waals surface area contributed by atoms with E-state index >= 15 is 0 Å². The van der Waals surface area contributed by atoms with Crippen LogP contribution in [0, 0.1) is 5.92 Å². The number of hydrogen-bond acceptors (Lipinski definition) is 1. The molecule has 1 heteroatoms. The molecule has 0 aliphatic rings. The highest BCUT2D eigenvalue weighted by atomic mass is 16.3. The van der Waals surface area contributed by atoms with Crippen LogP contribution in [0.3, 0.4) is 0 Å². The SMILES string of the molecule is CC(C)C(C)(O)CC(C)(C)c1ccccc1. The molecule has 0 aliphatic carbocycles. The Labute approximate surface area is 99.5 Å². The van der Waals surface area contributed by atoms with E-state index in [0.29, 0.717) is 0 Å². The molecule has 0 heterocycles. The van der Waals surface area contributed by atoms with Gasteiger partial charge in [-0.1, -0.05) is 58.0 Å². The third kappa shape index (κ3) is 3.08. The van der Waals surface area contributed by atoms with Gasteiger partial charge in [-0.15, -0.1) is 0 Å². The predicted molar refractivity (Wildman–Crippen MR) is 69.5 cm³/mol. The number of rotatable bonds is 4. The highest BCUT2D eigenvalue weighted by Gasteiger charge is 2.33. The standard InChI is InChI=1S/C15H24O/c1-12(2)15(5,16)11-14(3,4)13-9-7-6-8-10-13/h6-10,12,16H,11H2,1-5H3. The summed E-state index contributed by atoms with van der Waals surface area (Å²) in [7, 11) is 0. The van der Waals surface area contributed by atoms with Crippen molar-refractivity contribution in [2.75, 3.05) is 0 Å². The average molecular weight is 220 g/mol. The smallest absolute Gasteiger partial charge is 0.0650 e. The minimum Gasteiger partial charge on any atom is -0.390 e. The second-order valence-corrected chi connectivity index (χ2v) is 5.94. The minimum atomic E-state index is -0.612. The second kappa shape index (κ2) is 4.58. The molecule has 0 bridgehead atoms. The van der Waals surface area contributed by atoms with Crippen molar-refractivity contribution in [2.45, 2.75) is 52.1 Å². The second-order valence-electron chi connectivity index (χ2n) is 5.94. The molecule has 0 amide bonds. The van der Waals surface area contributed by atoms with Crippen LogP contribution in [0.2, 0.25) is 0 Å². The summed E-state index contributed by atoms with van der Waals surface area (Å²) in [6.45, 7) is 10.5. The van der Waals surface area contributed by atoms with Crippen LogP contribution >= 0.6 is 0 Å². The lowest BCUT2D eigenvalue weighted by Crippen LogP contribution is -2.38. The molecule has 0 aromatic heterocycles. The van der Waals surface area contributed by atoms with Gasteiger partial charge in [-0.25, -0.2) is 0 Å². The summed E-state index contributed by atoms with van der Waals surface area (Å²) >= 11 is 0. The van der Waals surface area contributed by atoms with Crippen LogP contribution in [0.4, 0.5) is 0 Å². The topological polar surface area (TPSA) is 20.2 Å². The van der Waals surface area contributed by atoms with Crippen molar-refractivity contribution in [3.8, 4) is 0 Å². The molecule has 0 spiro atoms. The molecule has 0 saturated heterocycles. The Morgan fingerprint density at radius 1 is 1.06 bits per heavy atom. The van der Waals surface area contributed by atoms with Crippen molar-refractivity contribution in [3.05, 3.63) is 35.9 Å². The summed E-state index contributed by atoms with van der Waals surface area (Å²) in [6.07, 6.45) is 0.779. The van der Waals surface area contributed by atoms with Crippen molar-refractivity contribution >= 4 is 0 Å². The van der Waals surface area contributed by atoms with Crippen LogP contribution in [0.5, 0.6) is 0 Å². The van der Waals surface area contributed by atoms with E-state index in [4.69, 9.17) is 0 Å². The van der Waals surface area contributed by atoms with Crippen molar-refractivity contribution in [1.29, 1.82) is 0 Å². The number of aliphatic hydroxyl groups is 1. The number of hydrogen-bond donors (Lipinski definition) is 1. The van der Waals surface area contributed by atoms with Gasteiger partial charge in [0.1, 0.15) is 0 Å². The van der Waals surface area contributed by atoms with Crippen LogP contribution in [-0.4, -0.2) is 10.7 Å². The van der Waals surface area contributed by atoms with Gasteiger partial charge in [0.2, 0.25) is 0 Å². The molecule has 90 valence electrons. The zero-order valence-electron chi connectivity index (χ0n) is 11.1. The Morgan fingerprint density at radius 3 is 2.00 bits per heavy atom. The van der Waals surface area contributed by atoms with E-state index in [0.717, 1.165) is 6.42 Å². The lowest BCUT2D eigenvalue weighted by atomic mass is 9.72. The third-order valence-corrected chi connectivity index (χ3v) is 3.60. The first-order valence-corrected chi connectivity index (χ1v) is 6.03. The lowest BCUT2D eigenvalue weighted by molar-refractivity contribution is -0.0113. The van der Waals surface area contributed by atoms with E-state index in [2.05, 4.69) is 52.0 Å². The summed E-state index contributed by atoms with van der Waals surface area (Å²) in [6, 6.07) is 10.4. The molecule has 1 aromatic carbocycles. The molecule has 0 saturated carbocycles. The first-order valence-electron chi connectivity index (χ1n) is 6.03. The largest absolute Gasteiger partial charge is 0.390 e. The van der Waals surface area contributed by atoms with Gasteiger partial charge in [0, 0.05) is 0 Å². The van der Waals surface area contributed by atoms with Crippen molar-refractivity contribution < 1.29 is 5.11 Å². The van der Waals surface area contributed by atoms with E-state index in [9.17, 15) is 5.11 Å². The molecule has 0 aliphatic heterocycles. The molecule has 1 atom stereocenters. The van der Waals surface area contributed by atoms with Crippen molar-refractivity contribution in [3.63, 3.8) is 0 Å². The van der Waals surface area contributed by atoms with Gasteiger partial charge in [-0.2, -0.15) is 0 Å². The highest BCUT2D eigenvalue weighted by molar-refractivity contribution is 5.24. The van der Waals surface area contributed by atoms with Gasteiger partial charge < -0.3 is 5.11 Å². The zero-order chi connectivity index (χ0) is 12.4. The van der Waals surface area contributed by atoms with Gasteiger partial charge in [-0.05, 0) is 30.2 Å². The molecule has 1 rings (SSSR count). The van der Waals surface area contributed by atoms with Crippen LogP contribution in [0.15, 0.2) is 30.3 Å². The Morgan fingerprint density at radius 2 is 1.56 bits per heavy atom. The molecule has 1 aromatic rings. The van der Waals surface area contributed by atoms with Crippen LogP contribution in [-0.2, 0) is 5.41 Å². The first-order chi connectivity index (χ1) is 7.26. The molecular weight excluding hydrogens is 196 g/mol. The summed E-state index contributed by atoms with van der Waals surface area (Å²) in [5, 5.41) is 10.4. The van der Waals surface area contributed by atoms with Crippen molar-refractivity contribution in [1.82, 2.24) is 0 Å². The minimum absolute atomic E-state index is 0.00896. The van der Waals surface area contributed by atoms with Gasteiger partial charge in [-0.3, -0.25) is 0 Å². The molecule has 0 fully saturated rings. The maximum absolute atomic E-state index is 10.4. The van der Waals surface area contributed by atoms with Crippen LogP contribution in [0.1, 0.15) is 46.6 Å². The fourth-order valence-corrected chi connectivity index (χ4v) is 2.09. The van der Waals surface area contributed by atoms with E-state index in [1.807, 2.05) is 13.0 Å². The van der Waals surface area contributed by atoms with E-state index in [-0.39, 0.29) is 11.3 Å². The van der Waals surface area contributed by atoms with Crippen LogP contribution in [0.25, 0.3) is 0 Å². The molecule has 1 N–H and O–H groups in total. The first kappa shape index (κ1) is 13.2. The summed E-state index contributed by atoms with van der Waals surface area (Å²) in [5.74, 6) is 0.274. The summed E-state index contributed by atoms with van der Waals surface area (Å²) < 4.78 is 0. The maximum Gasteiger partial charge on any atom is 0.0650 e. The normalized spacial score (nSPS) is 16.2. The Balaban J connectivity index is 2.88. The molecule has 0 radical (unpaired) electrons. The maximum atomic E-state index is 10.4. The quantitative estimate of drug-likeness (QED) is 0.819. The third-order valence-electron chi connectivity index (χ3n) is 3.60. The molecule has 1 nitrogen and oxygen atoms in total. The Hall–Kier alpha value is -0.820. The molecule has 1 unspecified atom stereocenters. The van der Waals surface area contributed by atoms with Gasteiger partial charge in [0.15, 0.2) is 0 Å². The number of benzene rings is 1. The fraction of sp³-hybridized carbons (Fsp3) is 0.600.